The van der Waals surface area contributed by atoms with E-state index in [1.165, 1.54) is 38.8 Å². The van der Waals surface area contributed by atoms with Crippen LogP contribution in [0.25, 0.3) is 0 Å². The molecule has 0 amide bonds. The van der Waals surface area contributed by atoms with Crippen molar-refractivity contribution >= 4 is 0 Å². The third kappa shape index (κ3) is 2.13. The van der Waals surface area contributed by atoms with Crippen LogP contribution in [-0.2, 0) is 4.74 Å². The number of morpholine rings is 1. The first kappa shape index (κ1) is 13.8. The largest absolute Gasteiger partial charge is 0.378 e. The van der Waals surface area contributed by atoms with Crippen LogP contribution in [0.2, 0.25) is 0 Å². The molecule has 19 heavy (non-hydrogen) atoms. The second-order valence-electron chi connectivity index (χ2n) is 7.12. The Kier molecular flexibility index (Phi) is 3.63. The molecule has 2 atom stereocenters. The normalized spacial score (nSPS) is 40.3. The van der Waals surface area contributed by atoms with Crippen LogP contribution >= 0.6 is 0 Å². The predicted molar refractivity (Wildman–Crippen MR) is 77.2 cm³/mol. The van der Waals surface area contributed by atoms with E-state index < -0.39 is 0 Å². The summed E-state index contributed by atoms with van der Waals surface area (Å²) in [5.41, 5.74) is 6.62. The van der Waals surface area contributed by atoms with E-state index in [9.17, 15) is 0 Å². The van der Waals surface area contributed by atoms with E-state index in [4.69, 9.17) is 10.5 Å². The maximum Gasteiger partial charge on any atom is 0.0645 e. The fraction of sp³-hybridized carbons (Fsp3) is 1.00. The molecule has 3 rings (SSSR count). The van der Waals surface area contributed by atoms with Gasteiger partial charge >= 0.3 is 0 Å². The lowest BCUT2D eigenvalue weighted by molar-refractivity contribution is -0.114. The number of rotatable bonds is 2. The summed E-state index contributed by atoms with van der Waals surface area (Å²) < 4.78 is 5.70. The zero-order chi connectivity index (χ0) is 13.5. The quantitative estimate of drug-likeness (QED) is 0.812. The summed E-state index contributed by atoms with van der Waals surface area (Å²) in [7, 11) is 0. The molecule has 4 heteroatoms. The number of piperidine rings is 1. The summed E-state index contributed by atoms with van der Waals surface area (Å²) in [6, 6.07) is 0.670. The molecule has 3 aliphatic rings. The maximum atomic E-state index is 6.32. The maximum absolute atomic E-state index is 6.32. The van der Waals surface area contributed by atoms with Gasteiger partial charge < -0.3 is 10.5 Å². The molecule has 0 spiro atoms. The molecule has 0 radical (unpaired) electrons. The van der Waals surface area contributed by atoms with Crippen molar-refractivity contribution in [3.8, 4) is 0 Å². The minimum absolute atomic E-state index is 0.116. The minimum atomic E-state index is 0.116. The molecule has 2 N–H and O–H groups in total. The molecule has 0 aromatic carbocycles. The van der Waals surface area contributed by atoms with Gasteiger partial charge in [-0.2, -0.15) is 0 Å². The van der Waals surface area contributed by atoms with Crippen molar-refractivity contribution in [2.24, 2.45) is 5.73 Å². The second kappa shape index (κ2) is 4.99. The van der Waals surface area contributed by atoms with Gasteiger partial charge in [0.25, 0.3) is 0 Å². The van der Waals surface area contributed by atoms with Gasteiger partial charge in [0.05, 0.1) is 18.8 Å². The Balaban J connectivity index is 1.89. The Morgan fingerprint density at radius 2 is 2.05 bits per heavy atom. The average Bonchev–Trinajstić information content (AvgIpc) is 2.78. The highest BCUT2D eigenvalue weighted by Gasteiger charge is 2.54. The van der Waals surface area contributed by atoms with Gasteiger partial charge in [-0.05, 0) is 39.7 Å². The highest BCUT2D eigenvalue weighted by molar-refractivity contribution is 5.12. The fourth-order valence-corrected chi connectivity index (χ4v) is 4.72. The van der Waals surface area contributed by atoms with E-state index in [1.807, 2.05) is 0 Å². The second-order valence-corrected chi connectivity index (χ2v) is 7.12. The van der Waals surface area contributed by atoms with Crippen molar-refractivity contribution in [1.29, 1.82) is 0 Å². The average molecular weight is 267 g/mol. The fourth-order valence-electron chi connectivity index (χ4n) is 4.72. The third-order valence-corrected chi connectivity index (χ3v) is 5.60. The van der Waals surface area contributed by atoms with Crippen molar-refractivity contribution in [3.63, 3.8) is 0 Å². The van der Waals surface area contributed by atoms with Crippen molar-refractivity contribution in [1.82, 2.24) is 9.80 Å². The molecular formula is C15H29N3O. The van der Waals surface area contributed by atoms with Gasteiger partial charge in [-0.15, -0.1) is 0 Å². The Hall–Kier alpha value is -0.160. The topological polar surface area (TPSA) is 41.7 Å². The van der Waals surface area contributed by atoms with Gasteiger partial charge in [0.1, 0.15) is 0 Å². The Bertz CT molecular complexity index is 333. The Morgan fingerprint density at radius 1 is 1.21 bits per heavy atom. The van der Waals surface area contributed by atoms with Gasteiger partial charge in [0.15, 0.2) is 0 Å². The molecule has 0 saturated carbocycles. The number of nitrogens with two attached hydrogens (primary N) is 1. The van der Waals surface area contributed by atoms with Crippen LogP contribution in [0.15, 0.2) is 0 Å². The molecule has 0 aromatic heterocycles. The lowest BCUT2D eigenvalue weighted by Gasteiger charge is -2.55. The molecule has 4 nitrogen and oxygen atoms in total. The molecule has 0 aromatic rings. The molecule has 0 bridgehead atoms. The molecular weight excluding hydrogens is 238 g/mol. The third-order valence-electron chi connectivity index (χ3n) is 5.60. The molecule has 3 heterocycles. The first-order valence-corrected chi connectivity index (χ1v) is 7.90. The summed E-state index contributed by atoms with van der Waals surface area (Å²) >= 11 is 0. The van der Waals surface area contributed by atoms with E-state index in [0.717, 1.165) is 26.3 Å². The van der Waals surface area contributed by atoms with Crippen molar-refractivity contribution in [3.05, 3.63) is 0 Å². The van der Waals surface area contributed by atoms with Crippen LogP contribution in [0, 0.1) is 0 Å². The van der Waals surface area contributed by atoms with Crippen LogP contribution in [0.1, 0.15) is 39.5 Å². The molecule has 3 aliphatic heterocycles. The van der Waals surface area contributed by atoms with E-state index in [0.29, 0.717) is 6.04 Å². The Labute approximate surface area is 117 Å². The number of fused-ring (bicyclic) bond motifs is 1. The van der Waals surface area contributed by atoms with Crippen molar-refractivity contribution < 1.29 is 4.74 Å². The number of nitrogens with zero attached hydrogens (tertiary/aromatic N) is 2. The van der Waals surface area contributed by atoms with E-state index in [1.54, 1.807) is 0 Å². The van der Waals surface area contributed by atoms with Gasteiger partial charge in [-0.25, -0.2) is 0 Å². The van der Waals surface area contributed by atoms with Gasteiger partial charge in [0, 0.05) is 31.2 Å². The zero-order valence-corrected chi connectivity index (χ0v) is 12.5. The summed E-state index contributed by atoms with van der Waals surface area (Å²) in [5.74, 6) is 0. The van der Waals surface area contributed by atoms with Gasteiger partial charge in [-0.1, -0.05) is 6.42 Å². The summed E-state index contributed by atoms with van der Waals surface area (Å²) in [6.45, 7) is 10.7. The van der Waals surface area contributed by atoms with E-state index in [2.05, 4.69) is 23.6 Å². The SMILES string of the molecule is CC1(C)COCCN1C1(CN)CCN2CCCCC21. The Morgan fingerprint density at radius 3 is 2.79 bits per heavy atom. The van der Waals surface area contributed by atoms with Crippen LogP contribution in [0.3, 0.4) is 0 Å². The van der Waals surface area contributed by atoms with Crippen molar-refractivity contribution in [2.45, 2.75) is 56.7 Å². The number of ether oxygens (including phenoxy) is 1. The molecule has 3 saturated heterocycles. The van der Waals surface area contributed by atoms with Gasteiger partial charge in [0.2, 0.25) is 0 Å². The lowest BCUT2D eigenvalue weighted by Crippen LogP contribution is -2.70. The van der Waals surface area contributed by atoms with Crippen LogP contribution in [-0.4, -0.2) is 66.3 Å². The molecule has 0 aliphatic carbocycles. The highest BCUT2D eigenvalue weighted by Crippen LogP contribution is 2.42. The summed E-state index contributed by atoms with van der Waals surface area (Å²) in [4.78, 5) is 5.39. The zero-order valence-electron chi connectivity index (χ0n) is 12.5. The monoisotopic (exact) mass is 267 g/mol. The standard InChI is InChI=1S/C15H29N3O/c1-14(2)12-19-10-9-18(14)15(11-16)6-8-17-7-4-3-5-13(15)17/h13H,3-12,16H2,1-2H3. The molecule has 110 valence electrons. The highest BCUT2D eigenvalue weighted by atomic mass is 16.5. The minimum Gasteiger partial charge on any atom is -0.378 e. The van der Waals surface area contributed by atoms with Gasteiger partial charge in [-0.3, -0.25) is 9.80 Å². The smallest absolute Gasteiger partial charge is 0.0645 e. The number of hydrogen-bond acceptors (Lipinski definition) is 4. The van der Waals surface area contributed by atoms with E-state index >= 15 is 0 Å². The van der Waals surface area contributed by atoms with Crippen LogP contribution < -0.4 is 5.73 Å². The van der Waals surface area contributed by atoms with Crippen LogP contribution in [0.4, 0.5) is 0 Å². The van der Waals surface area contributed by atoms with Crippen molar-refractivity contribution in [2.75, 3.05) is 39.4 Å². The first-order valence-electron chi connectivity index (χ1n) is 7.90. The first-order chi connectivity index (χ1) is 9.10. The summed E-state index contributed by atoms with van der Waals surface area (Å²) in [5, 5.41) is 0. The van der Waals surface area contributed by atoms with Crippen LogP contribution in [0.5, 0.6) is 0 Å². The van der Waals surface area contributed by atoms with E-state index in [-0.39, 0.29) is 11.1 Å². The number of hydrogen-bond donors (Lipinski definition) is 1. The lowest BCUT2D eigenvalue weighted by atomic mass is 9.80. The summed E-state index contributed by atoms with van der Waals surface area (Å²) in [6.07, 6.45) is 5.29. The molecule has 2 unspecified atom stereocenters. The molecule has 3 fully saturated rings. The predicted octanol–water partition coefficient (Wildman–Crippen LogP) is 1.05.